The molecule has 7 nitrogen and oxygen atoms in total. The zero-order valence-corrected chi connectivity index (χ0v) is 15.4. The van der Waals surface area contributed by atoms with E-state index in [2.05, 4.69) is 25.9 Å². The number of hydrogen-bond acceptors (Lipinski definition) is 6. The highest BCUT2D eigenvalue weighted by Crippen LogP contribution is 2.25. The Bertz CT molecular complexity index is 791. The summed E-state index contributed by atoms with van der Waals surface area (Å²) in [6.07, 6.45) is 2.64. The van der Waals surface area contributed by atoms with Gasteiger partial charge in [-0.1, -0.05) is 15.9 Å². The number of methoxy groups -OCH3 is 1. The minimum Gasteiger partial charge on any atom is -0.469 e. The number of aromatic nitrogens is 2. The second-order valence-corrected chi connectivity index (χ2v) is 6.72. The summed E-state index contributed by atoms with van der Waals surface area (Å²) in [5.74, 6) is -0.0753. The number of halogens is 1. The fourth-order valence-corrected chi connectivity index (χ4v) is 3.23. The molecule has 0 atom stereocenters. The molecular weight excluding hydrogens is 390 g/mol. The highest BCUT2D eigenvalue weighted by molar-refractivity contribution is 9.10. The van der Waals surface area contributed by atoms with Crippen LogP contribution in [0.15, 0.2) is 29.0 Å². The molecule has 1 aliphatic rings. The Kier molecular flexibility index (Phi) is 5.47. The summed E-state index contributed by atoms with van der Waals surface area (Å²) in [5.41, 5.74) is 0.750. The van der Waals surface area contributed by atoms with Crippen molar-refractivity contribution in [2.24, 2.45) is 5.92 Å². The number of nitrogens with zero attached hydrogens (tertiary/aromatic N) is 3. The van der Waals surface area contributed by atoms with Crippen molar-refractivity contribution in [2.45, 2.75) is 12.8 Å². The van der Waals surface area contributed by atoms with E-state index in [-0.39, 0.29) is 24.4 Å². The Morgan fingerprint density at radius 1 is 1.28 bits per heavy atom. The fourth-order valence-electron chi connectivity index (χ4n) is 2.87. The van der Waals surface area contributed by atoms with Gasteiger partial charge >= 0.3 is 5.97 Å². The predicted molar refractivity (Wildman–Crippen MR) is 94.1 cm³/mol. The van der Waals surface area contributed by atoms with Gasteiger partial charge in [-0.25, -0.2) is 9.97 Å². The van der Waals surface area contributed by atoms with Crippen LogP contribution in [0.5, 0.6) is 5.88 Å². The quantitative estimate of drug-likeness (QED) is 0.722. The van der Waals surface area contributed by atoms with Gasteiger partial charge in [-0.05, 0) is 31.0 Å². The maximum Gasteiger partial charge on any atom is 0.308 e. The van der Waals surface area contributed by atoms with Gasteiger partial charge in [0.25, 0.3) is 5.91 Å². The van der Waals surface area contributed by atoms with E-state index in [1.165, 1.54) is 13.4 Å². The number of rotatable bonds is 4. The molecule has 1 saturated heterocycles. The van der Waals surface area contributed by atoms with Gasteiger partial charge in [-0.3, -0.25) is 9.59 Å². The van der Waals surface area contributed by atoms with Crippen molar-refractivity contribution in [3.05, 3.63) is 29.0 Å². The molecule has 0 radical (unpaired) electrons. The molecule has 0 unspecified atom stereocenters. The predicted octanol–water partition coefficient (Wildman–Crippen LogP) is 2.18. The molecular formula is C17H18BrN3O4. The number of carbonyl (C=O) groups is 2. The van der Waals surface area contributed by atoms with Crippen molar-refractivity contribution in [3.63, 3.8) is 0 Å². The highest BCUT2D eigenvalue weighted by atomic mass is 79.9. The third-order valence-electron chi connectivity index (χ3n) is 4.28. The van der Waals surface area contributed by atoms with Crippen LogP contribution in [0.4, 0.5) is 0 Å². The van der Waals surface area contributed by atoms with Crippen LogP contribution in [0.1, 0.15) is 12.8 Å². The first-order valence-electron chi connectivity index (χ1n) is 7.97. The monoisotopic (exact) mass is 407 g/mol. The molecule has 1 fully saturated rings. The average molecular weight is 408 g/mol. The largest absolute Gasteiger partial charge is 0.469 e. The lowest BCUT2D eigenvalue weighted by Gasteiger charge is -2.30. The molecule has 1 aliphatic heterocycles. The van der Waals surface area contributed by atoms with Crippen LogP contribution in [-0.2, 0) is 14.3 Å². The number of ether oxygens (including phenoxy) is 2. The maximum atomic E-state index is 12.4. The summed E-state index contributed by atoms with van der Waals surface area (Å²) in [6.45, 7) is 0.956. The molecule has 132 valence electrons. The Hall–Kier alpha value is -2.22. The number of hydrogen-bond donors (Lipinski definition) is 0. The van der Waals surface area contributed by atoms with Gasteiger partial charge in [0.05, 0.1) is 23.9 Å². The molecule has 1 aromatic carbocycles. The summed E-state index contributed by atoms with van der Waals surface area (Å²) in [6, 6.07) is 5.60. The lowest BCUT2D eigenvalue weighted by Crippen LogP contribution is -2.42. The number of likely N-dealkylation sites (tertiary alicyclic amines) is 1. The van der Waals surface area contributed by atoms with Crippen molar-refractivity contribution in [1.82, 2.24) is 14.9 Å². The first-order valence-corrected chi connectivity index (χ1v) is 8.76. The van der Waals surface area contributed by atoms with Crippen molar-refractivity contribution in [1.29, 1.82) is 0 Å². The SMILES string of the molecule is COC(=O)C1CCN(C(=O)COc2ncnc3ccc(Br)cc23)CC1. The molecule has 2 heterocycles. The van der Waals surface area contributed by atoms with E-state index in [0.717, 1.165) is 15.4 Å². The van der Waals surface area contributed by atoms with Crippen LogP contribution in [0.3, 0.4) is 0 Å². The van der Waals surface area contributed by atoms with Crippen LogP contribution in [-0.4, -0.2) is 53.6 Å². The van der Waals surface area contributed by atoms with Gasteiger partial charge in [0.1, 0.15) is 6.33 Å². The molecule has 0 bridgehead atoms. The summed E-state index contributed by atoms with van der Waals surface area (Å²) in [4.78, 5) is 33.9. The second-order valence-electron chi connectivity index (χ2n) is 5.81. The van der Waals surface area contributed by atoms with E-state index in [1.807, 2.05) is 18.2 Å². The first kappa shape index (κ1) is 17.6. The highest BCUT2D eigenvalue weighted by Gasteiger charge is 2.28. The van der Waals surface area contributed by atoms with Crippen LogP contribution in [0.25, 0.3) is 10.9 Å². The Morgan fingerprint density at radius 2 is 2.04 bits per heavy atom. The Morgan fingerprint density at radius 3 is 2.76 bits per heavy atom. The van der Waals surface area contributed by atoms with E-state index >= 15 is 0 Å². The maximum absolute atomic E-state index is 12.4. The minimum absolute atomic E-state index is 0.0957. The standard InChI is InChI=1S/C17H18BrN3O4/c1-24-17(23)11-4-6-21(7-5-11)15(22)9-25-16-13-8-12(18)2-3-14(13)19-10-20-16/h2-3,8,10-11H,4-7,9H2,1H3. The fraction of sp³-hybridized carbons (Fsp3) is 0.412. The Balaban J connectivity index is 1.60. The normalized spacial score (nSPS) is 15.2. The van der Waals surface area contributed by atoms with E-state index in [1.54, 1.807) is 4.90 Å². The average Bonchev–Trinajstić information content (AvgIpc) is 2.65. The molecule has 0 N–H and O–H groups in total. The molecule has 1 aromatic heterocycles. The second kappa shape index (κ2) is 7.77. The smallest absolute Gasteiger partial charge is 0.308 e. The van der Waals surface area contributed by atoms with Gasteiger partial charge in [0.15, 0.2) is 6.61 Å². The van der Waals surface area contributed by atoms with Crippen LogP contribution in [0.2, 0.25) is 0 Å². The third-order valence-corrected chi connectivity index (χ3v) is 4.77. The number of piperidine rings is 1. The summed E-state index contributed by atoms with van der Waals surface area (Å²) >= 11 is 3.41. The van der Waals surface area contributed by atoms with Crippen molar-refractivity contribution in [3.8, 4) is 5.88 Å². The van der Waals surface area contributed by atoms with Crippen LogP contribution < -0.4 is 4.74 Å². The summed E-state index contributed by atoms with van der Waals surface area (Å²) < 4.78 is 11.3. The van der Waals surface area contributed by atoms with Gasteiger partial charge in [0.2, 0.25) is 5.88 Å². The molecule has 3 rings (SSSR count). The van der Waals surface area contributed by atoms with Gasteiger partial charge in [-0.2, -0.15) is 0 Å². The lowest BCUT2D eigenvalue weighted by atomic mass is 9.97. The molecule has 25 heavy (non-hydrogen) atoms. The van der Waals surface area contributed by atoms with E-state index in [9.17, 15) is 9.59 Å². The Labute approximate surface area is 153 Å². The topological polar surface area (TPSA) is 81.6 Å². The molecule has 0 aliphatic carbocycles. The zero-order chi connectivity index (χ0) is 17.8. The van der Waals surface area contributed by atoms with Crippen molar-refractivity contribution in [2.75, 3.05) is 26.8 Å². The number of benzene rings is 1. The molecule has 2 aromatic rings. The van der Waals surface area contributed by atoms with Gasteiger partial charge in [0, 0.05) is 17.6 Å². The molecule has 0 saturated carbocycles. The third kappa shape index (κ3) is 4.07. The molecule has 8 heteroatoms. The number of carbonyl (C=O) groups excluding carboxylic acids is 2. The van der Waals surface area contributed by atoms with Crippen molar-refractivity contribution < 1.29 is 19.1 Å². The van der Waals surface area contributed by atoms with Crippen LogP contribution in [0, 0.1) is 5.92 Å². The molecule has 0 spiro atoms. The minimum atomic E-state index is -0.207. The lowest BCUT2D eigenvalue weighted by molar-refractivity contribution is -0.149. The van der Waals surface area contributed by atoms with Crippen LogP contribution >= 0.6 is 15.9 Å². The van der Waals surface area contributed by atoms with Gasteiger partial charge < -0.3 is 14.4 Å². The van der Waals surface area contributed by atoms with Crippen molar-refractivity contribution >= 4 is 38.7 Å². The number of esters is 1. The number of fused-ring (bicyclic) bond motifs is 1. The summed E-state index contributed by atoms with van der Waals surface area (Å²) in [7, 11) is 1.39. The summed E-state index contributed by atoms with van der Waals surface area (Å²) in [5, 5.41) is 0.745. The molecule has 1 amide bonds. The first-order chi connectivity index (χ1) is 12.1. The zero-order valence-electron chi connectivity index (χ0n) is 13.8. The van der Waals surface area contributed by atoms with Gasteiger partial charge in [-0.15, -0.1) is 0 Å². The van der Waals surface area contributed by atoms with E-state index in [0.29, 0.717) is 31.8 Å². The van der Waals surface area contributed by atoms with E-state index in [4.69, 9.17) is 9.47 Å². The van der Waals surface area contributed by atoms with E-state index < -0.39 is 0 Å². The number of amides is 1.